The number of ether oxygens (including phenoxy) is 4. The number of ketones is 2. The molecule has 6 nitrogen and oxygen atoms in total. The van der Waals surface area contributed by atoms with E-state index in [1.807, 2.05) is 36.4 Å². The molecule has 2 rings (SSSR count). The SMILES string of the molecule is COc1ccc(CCC(=O)CC(=O)CCc2ccc(OC)c(OC)c2)cc1OC. The van der Waals surface area contributed by atoms with Crippen LogP contribution in [0.4, 0.5) is 0 Å². The highest BCUT2D eigenvalue weighted by Gasteiger charge is 2.12. The summed E-state index contributed by atoms with van der Waals surface area (Å²) in [5.41, 5.74) is 1.93. The fraction of sp³-hybridized carbons (Fsp3) is 0.391. The molecule has 0 aliphatic carbocycles. The van der Waals surface area contributed by atoms with Gasteiger partial charge in [-0.05, 0) is 48.2 Å². The summed E-state index contributed by atoms with van der Waals surface area (Å²) in [5.74, 6) is 2.43. The number of Topliss-reactive ketones (excluding diaryl/α,β-unsaturated/α-hetero) is 2. The number of benzene rings is 2. The van der Waals surface area contributed by atoms with Crippen LogP contribution >= 0.6 is 0 Å². The Bertz CT molecular complexity index is 774. The minimum atomic E-state index is -0.0582. The first-order chi connectivity index (χ1) is 14.0. The van der Waals surface area contributed by atoms with E-state index in [0.717, 1.165) is 11.1 Å². The number of carbonyl (C=O) groups is 2. The van der Waals surface area contributed by atoms with Gasteiger partial charge in [0.1, 0.15) is 11.6 Å². The number of methoxy groups -OCH3 is 4. The molecule has 0 fully saturated rings. The van der Waals surface area contributed by atoms with Gasteiger partial charge in [-0.1, -0.05) is 12.1 Å². The quantitative estimate of drug-likeness (QED) is 0.505. The van der Waals surface area contributed by atoms with E-state index in [1.165, 1.54) is 0 Å². The maximum Gasteiger partial charge on any atom is 0.160 e. The molecule has 0 saturated heterocycles. The third-order valence-corrected chi connectivity index (χ3v) is 4.68. The lowest BCUT2D eigenvalue weighted by atomic mass is 10.0. The van der Waals surface area contributed by atoms with Crippen molar-refractivity contribution in [2.45, 2.75) is 32.1 Å². The van der Waals surface area contributed by atoms with E-state index >= 15 is 0 Å². The van der Waals surface area contributed by atoms with Gasteiger partial charge in [0.15, 0.2) is 23.0 Å². The molecule has 0 amide bonds. The van der Waals surface area contributed by atoms with Crippen molar-refractivity contribution in [3.8, 4) is 23.0 Å². The smallest absolute Gasteiger partial charge is 0.160 e. The van der Waals surface area contributed by atoms with E-state index in [1.54, 1.807) is 28.4 Å². The highest BCUT2D eigenvalue weighted by atomic mass is 16.5. The topological polar surface area (TPSA) is 71.1 Å². The Morgan fingerprint density at radius 3 is 1.34 bits per heavy atom. The van der Waals surface area contributed by atoms with Gasteiger partial charge in [0.2, 0.25) is 0 Å². The van der Waals surface area contributed by atoms with Crippen molar-refractivity contribution < 1.29 is 28.5 Å². The van der Waals surface area contributed by atoms with Crippen LogP contribution in [0.2, 0.25) is 0 Å². The van der Waals surface area contributed by atoms with Crippen molar-refractivity contribution in [3.63, 3.8) is 0 Å². The zero-order chi connectivity index (χ0) is 21.2. The predicted molar refractivity (Wildman–Crippen MR) is 110 cm³/mol. The normalized spacial score (nSPS) is 10.3. The van der Waals surface area contributed by atoms with Crippen LogP contribution in [0.3, 0.4) is 0 Å². The second-order valence-electron chi connectivity index (χ2n) is 6.63. The Hall–Kier alpha value is -3.02. The van der Waals surface area contributed by atoms with Crippen LogP contribution < -0.4 is 18.9 Å². The van der Waals surface area contributed by atoms with Gasteiger partial charge in [-0.3, -0.25) is 9.59 Å². The average molecular weight is 400 g/mol. The summed E-state index contributed by atoms with van der Waals surface area (Å²) in [6.45, 7) is 0. The number of aryl methyl sites for hydroxylation is 2. The zero-order valence-electron chi connectivity index (χ0n) is 17.4. The van der Waals surface area contributed by atoms with Crippen molar-refractivity contribution in [1.29, 1.82) is 0 Å². The lowest BCUT2D eigenvalue weighted by molar-refractivity contribution is -0.126. The Morgan fingerprint density at radius 2 is 1.00 bits per heavy atom. The van der Waals surface area contributed by atoms with E-state index < -0.39 is 0 Å². The molecule has 0 saturated carbocycles. The van der Waals surface area contributed by atoms with Crippen LogP contribution in [0.1, 0.15) is 30.4 Å². The molecule has 156 valence electrons. The first-order valence-electron chi connectivity index (χ1n) is 9.46. The first-order valence-corrected chi connectivity index (χ1v) is 9.46. The van der Waals surface area contributed by atoms with Gasteiger partial charge in [-0.2, -0.15) is 0 Å². The molecule has 0 aliphatic heterocycles. The fourth-order valence-corrected chi connectivity index (χ4v) is 3.04. The predicted octanol–water partition coefficient (Wildman–Crippen LogP) is 3.81. The molecule has 0 unspecified atom stereocenters. The van der Waals surface area contributed by atoms with Gasteiger partial charge < -0.3 is 18.9 Å². The van der Waals surface area contributed by atoms with E-state index in [2.05, 4.69) is 0 Å². The largest absolute Gasteiger partial charge is 0.493 e. The lowest BCUT2D eigenvalue weighted by Crippen LogP contribution is -2.09. The summed E-state index contributed by atoms with van der Waals surface area (Å²) in [4.78, 5) is 24.4. The Morgan fingerprint density at radius 1 is 0.621 bits per heavy atom. The summed E-state index contributed by atoms with van der Waals surface area (Å²) in [5, 5.41) is 0. The van der Waals surface area contributed by atoms with E-state index in [-0.39, 0.29) is 18.0 Å². The first kappa shape index (κ1) is 22.3. The van der Waals surface area contributed by atoms with Crippen molar-refractivity contribution in [3.05, 3.63) is 47.5 Å². The molecule has 0 aliphatic rings. The van der Waals surface area contributed by atoms with Gasteiger partial charge in [-0.25, -0.2) is 0 Å². The van der Waals surface area contributed by atoms with Gasteiger partial charge in [-0.15, -0.1) is 0 Å². The average Bonchev–Trinajstić information content (AvgIpc) is 2.75. The molecular weight excluding hydrogens is 372 g/mol. The molecule has 0 aromatic heterocycles. The Balaban J connectivity index is 1.81. The molecule has 0 N–H and O–H groups in total. The fourth-order valence-electron chi connectivity index (χ4n) is 3.04. The van der Waals surface area contributed by atoms with Crippen LogP contribution in [-0.4, -0.2) is 40.0 Å². The number of carbonyl (C=O) groups excluding carboxylic acids is 2. The lowest BCUT2D eigenvalue weighted by Gasteiger charge is -2.10. The van der Waals surface area contributed by atoms with Crippen molar-refractivity contribution in [2.24, 2.45) is 0 Å². The van der Waals surface area contributed by atoms with Crippen molar-refractivity contribution in [2.75, 3.05) is 28.4 Å². The van der Waals surface area contributed by atoms with E-state index in [0.29, 0.717) is 48.7 Å². The third-order valence-electron chi connectivity index (χ3n) is 4.68. The van der Waals surface area contributed by atoms with Crippen LogP contribution in [-0.2, 0) is 22.4 Å². The summed E-state index contributed by atoms with van der Waals surface area (Å²) >= 11 is 0. The third kappa shape index (κ3) is 6.52. The minimum absolute atomic E-state index is 0.0411. The highest BCUT2D eigenvalue weighted by Crippen LogP contribution is 2.29. The van der Waals surface area contributed by atoms with Crippen LogP contribution in [0.5, 0.6) is 23.0 Å². The number of hydrogen-bond donors (Lipinski definition) is 0. The zero-order valence-corrected chi connectivity index (χ0v) is 17.4. The Kier molecular flexibility index (Phi) is 8.52. The molecule has 2 aromatic carbocycles. The van der Waals surface area contributed by atoms with Gasteiger partial charge >= 0.3 is 0 Å². The summed E-state index contributed by atoms with van der Waals surface area (Å²) in [7, 11) is 6.30. The van der Waals surface area contributed by atoms with Gasteiger partial charge in [0.25, 0.3) is 0 Å². The minimum Gasteiger partial charge on any atom is -0.493 e. The van der Waals surface area contributed by atoms with Crippen molar-refractivity contribution in [1.82, 2.24) is 0 Å². The van der Waals surface area contributed by atoms with E-state index in [4.69, 9.17) is 18.9 Å². The maximum atomic E-state index is 12.2. The standard InChI is InChI=1S/C23H28O6/c1-26-20-11-7-16(13-22(20)28-3)5-9-18(24)15-19(25)10-6-17-8-12-21(27-2)23(14-17)29-4/h7-8,11-14H,5-6,9-10,15H2,1-4H3. The molecule has 0 heterocycles. The molecule has 0 radical (unpaired) electrons. The maximum absolute atomic E-state index is 12.2. The number of hydrogen-bond acceptors (Lipinski definition) is 6. The molecule has 29 heavy (non-hydrogen) atoms. The Labute approximate surface area is 171 Å². The second-order valence-corrected chi connectivity index (χ2v) is 6.63. The summed E-state index contributed by atoms with van der Waals surface area (Å²) in [6.07, 6.45) is 1.71. The van der Waals surface area contributed by atoms with Crippen LogP contribution in [0.25, 0.3) is 0 Å². The second kappa shape index (κ2) is 11.1. The monoisotopic (exact) mass is 400 g/mol. The van der Waals surface area contributed by atoms with Gasteiger partial charge in [0.05, 0.1) is 34.9 Å². The van der Waals surface area contributed by atoms with Crippen LogP contribution in [0.15, 0.2) is 36.4 Å². The summed E-state index contributed by atoms with van der Waals surface area (Å²) < 4.78 is 21.0. The highest BCUT2D eigenvalue weighted by molar-refractivity contribution is 5.99. The molecule has 0 atom stereocenters. The van der Waals surface area contributed by atoms with E-state index in [9.17, 15) is 9.59 Å². The molecule has 0 bridgehead atoms. The molecular formula is C23H28O6. The molecule has 6 heteroatoms. The van der Waals surface area contributed by atoms with Crippen molar-refractivity contribution >= 4 is 11.6 Å². The molecule has 0 spiro atoms. The summed E-state index contributed by atoms with van der Waals surface area (Å²) in [6, 6.07) is 11.1. The molecule has 2 aromatic rings. The van der Waals surface area contributed by atoms with Gasteiger partial charge in [0, 0.05) is 12.8 Å². The van der Waals surface area contributed by atoms with Crippen LogP contribution in [0, 0.1) is 0 Å². The number of rotatable bonds is 12.